The Hall–Kier alpha value is -2.17. The summed E-state index contributed by atoms with van der Waals surface area (Å²) in [6.45, 7) is 4.77. The van der Waals surface area contributed by atoms with Crippen LogP contribution in [0, 0.1) is 12.7 Å². The van der Waals surface area contributed by atoms with E-state index in [0.717, 1.165) is 12.4 Å². The van der Waals surface area contributed by atoms with Crippen molar-refractivity contribution in [3.8, 4) is 5.75 Å². The van der Waals surface area contributed by atoms with Crippen LogP contribution in [0.2, 0.25) is 0 Å². The third kappa shape index (κ3) is 3.64. The van der Waals surface area contributed by atoms with Crippen LogP contribution >= 0.6 is 0 Å². The summed E-state index contributed by atoms with van der Waals surface area (Å²) in [6.07, 6.45) is 3.29. The molecule has 0 aliphatic heterocycles. The van der Waals surface area contributed by atoms with Crippen molar-refractivity contribution < 1.29 is 9.13 Å². The minimum Gasteiger partial charge on any atom is -0.487 e. The highest BCUT2D eigenvalue weighted by Gasteiger charge is 2.02. The number of nitrogens with one attached hydrogen (secondary N) is 1. The van der Waals surface area contributed by atoms with Crippen molar-refractivity contribution in [3.05, 3.63) is 47.7 Å². The zero-order valence-corrected chi connectivity index (χ0v) is 11.0. The van der Waals surface area contributed by atoms with Crippen molar-refractivity contribution in [1.29, 1.82) is 0 Å². The fourth-order valence-corrected chi connectivity index (χ4v) is 1.52. The highest BCUT2D eigenvalue weighted by molar-refractivity contribution is 5.31. The van der Waals surface area contributed by atoms with Crippen molar-refractivity contribution in [2.75, 3.05) is 11.9 Å². The highest BCUT2D eigenvalue weighted by atomic mass is 19.1. The van der Waals surface area contributed by atoms with E-state index in [1.54, 1.807) is 31.5 Å². The monoisotopic (exact) mass is 261 g/mol. The molecular formula is C14H16FN3O. The van der Waals surface area contributed by atoms with Gasteiger partial charge in [0, 0.05) is 12.6 Å². The van der Waals surface area contributed by atoms with Gasteiger partial charge in [-0.05, 0) is 25.5 Å². The highest BCUT2D eigenvalue weighted by Crippen LogP contribution is 2.16. The molecule has 0 aliphatic carbocycles. The first kappa shape index (κ1) is 13.3. The summed E-state index contributed by atoms with van der Waals surface area (Å²) in [4.78, 5) is 8.39. The van der Waals surface area contributed by atoms with Crippen LogP contribution in [0.15, 0.2) is 30.6 Å². The Balaban J connectivity index is 1.96. The van der Waals surface area contributed by atoms with Gasteiger partial charge in [-0.1, -0.05) is 6.07 Å². The van der Waals surface area contributed by atoms with Crippen LogP contribution in [0.4, 0.5) is 10.2 Å². The van der Waals surface area contributed by atoms with Crippen molar-refractivity contribution in [2.24, 2.45) is 0 Å². The van der Waals surface area contributed by atoms with Gasteiger partial charge in [-0.2, -0.15) is 0 Å². The minimum absolute atomic E-state index is 0.266. The van der Waals surface area contributed by atoms with E-state index in [1.165, 1.54) is 6.07 Å². The maximum atomic E-state index is 13.3. The van der Waals surface area contributed by atoms with Gasteiger partial charge in [0.05, 0.1) is 18.1 Å². The molecule has 100 valence electrons. The molecule has 0 saturated carbocycles. The normalized spacial score (nSPS) is 10.3. The summed E-state index contributed by atoms with van der Waals surface area (Å²) >= 11 is 0. The zero-order chi connectivity index (χ0) is 13.7. The van der Waals surface area contributed by atoms with E-state index in [-0.39, 0.29) is 12.4 Å². The van der Waals surface area contributed by atoms with Gasteiger partial charge >= 0.3 is 0 Å². The van der Waals surface area contributed by atoms with E-state index in [4.69, 9.17) is 4.74 Å². The maximum absolute atomic E-state index is 13.3. The largest absolute Gasteiger partial charge is 0.487 e. The SMILES string of the molecule is CCNc1cnc(COc2ccc(C)c(F)c2)cn1. The van der Waals surface area contributed by atoms with E-state index in [0.29, 0.717) is 17.0 Å². The van der Waals surface area contributed by atoms with Crippen LogP contribution in [0.1, 0.15) is 18.2 Å². The molecule has 1 heterocycles. The van der Waals surface area contributed by atoms with E-state index in [1.807, 2.05) is 6.92 Å². The first-order valence-electron chi connectivity index (χ1n) is 6.12. The summed E-state index contributed by atoms with van der Waals surface area (Å²) in [6, 6.07) is 4.79. The molecule has 0 amide bonds. The Bertz CT molecular complexity index is 543. The molecule has 5 heteroatoms. The fourth-order valence-electron chi connectivity index (χ4n) is 1.52. The Morgan fingerprint density at radius 1 is 1.26 bits per heavy atom. The molecule has 19 heavy (non-hydrogen) atoms. The number of benzene rings is 1. The summed E-state index contributed by atoms with van der Waals surface area (Å²) in [5.41, 5.74) is 1.30. The summed E-state index contributed by atoms with van der Waals surface area (Å²) in [5, 5.41) is 3.06. The van der Waals surface area contributed by atoms with Crippen molar-refractivity contribution in [2.45, 2.75) is 20.5 Å². The number of rotatable bonds is 5. The molecule has 2 rings (SSSR count). The number of anilines is 1. The van der Waals surface area contributed by atoms with Crippen LogP contribution in [0.25, 0.3) is 0 Å². The molecule has 2 aromatic rings. The topological polar surface area (TPSA) is 47.0 Å². The van der Waals surface area contributed by atoms with Gasteiger partial charge in [-0.15, -0.1) is 0 Å². The van der Waals surface area contributed by atoms with E-state index >= 15 is 0 Å². The van der Waals surface area contributed by atoms with Gasteiger partial charge in [-0.25, -0.2) is 9.37 Å². The average Bonchev–Trinajstić information content (AvgIpc) is 2.42. The second-order valence-corrected chi connectivity index (χ2v) is 4.12. The van der Waals surface area contributed by atoms with E-state index in [2.05, 4.69) is 15.3 Å². The Morgan fingerprint density at radius 2 is 2.11 bits per heavy atom. The lowest BCUT2D eigenvalue weighted by Crippen LogP contribution is -2.03. The first-order valence-corrected chi connectivity index (χ1v) is 6.12. The average molecular weight is 261 g/mol. The molecule has 0 unspecified atom stereocenters. The molecule has 0 saturated heterocycles. The zero-order valence-electron chi connectivity index (χ0n) is 11.0. The van der Waals surface area contributed by atoms with Crippen LogP contribution < -0.4 is 10.1 Å². The molecule has 4 nitrogen and oxygen atoms in total. The second kappa shape index (κ2) is 6.13. The molecule has 0 atom stereocenters. The smallest absolute Gasteiger partial charge is 0.144 e. The predicted molar refractivity (Wildman–Crippen MR) is 71.7 cm³/mol. The summed E-state index contributed by atoms with van der Waals surface area (Å²) < 4.78 is 18.8. The van der Waals surface area contributed by atoms with Crippen molar-refractivity contribution in [1.82, 2.24) is 9.97 Å². The molecule has 0 bridgehead atoms. The van der Waals surface area contributed by atoms with Gasteiger partial charge in [0.15, 0.2) is 0 Å². The number of aromatic nitrogens is 2. The Morgan fingerprint density at radius 3 is 2.74 bits per heavy atom. The van der Waals surface area contributed by atoms with Crippen LogP contribution in [0.3, 0.4) is 0 Å². The van der Waals surface area contributed by atoms with Crippen LogP contribution in [-0.2, 0) is 6.61 Å². The number of nitrogens with zero attached hydrogens (tertiary/aromatic N) is 2. The minimum atomic E-state index is -0.272. The molecule has 0 radical (unpaired) electrons. The lowest BCUT2D eigenvalue weighted by molar-refractivity contribution is 0.299. The number of halogens is 1. The predicted octanol–water partition coefficient (Wildman–Crippen LogP) is 2.93. The standard InChI is InChI=1S/C14H16FN3O/c1-3-16-14-8-17-11(7-18-14)9-19-12-5-4-10(2)13(15)6-12/h4-8H,3,9H2,1-2H3,(H,16,18). The lowest BCUT2D eigenvalue weighted by atomic mass is 10.2. The van der Waals surface area contributed by atoms with Gasteiger partial charge in [0.2, 0.25) is 0 Å². The molecule has 0 spiro atoms. The van der Waals surface area contributed by atoms with E-state index < -0.39 is 0 Å². The number of aryl methyl sites for hydroxylation is 1. The summed E-state index contributed by atoms with van der Waals surface area (Å²) in [7, 11) is 0. The quantitative estimate of drug-likeness (QED) is 0.899. The van der Waals surface area contributed by atoms with Gasteiger partial charge in [0.25, 0.3) is 0 Å². The maximum Gasteiger partial charge on any atom is 0.144 e. The fraction of sp³-hybridized carbons (Fsp3) is 0.286. The number of ether oxygens (including phenoxy) is 1. The Kier molecular flexibility index (Phi) is 4.28. The third-order valence-corrected chi connectivity index (χ3v) is 2.59. The number of hydrogen-bond acceptors (Lipinski definition) is 4. The lowest BCUT2D eigenvalue weighted by Gasteiger charge is -2.07. The van der Waals surface area contributed by atoms with Crippen LogP contribution in [0.5, 0.6) is 5.75 Å². The molecule has 0 aliphatic rings. The first-order chi connectivity index (χ1) is 9.19. The second-order valence-electron chi connectivity index (χ2n) is 4.12. The molecule has 1 N–H and O–H groups in total. The molecular weight excluding hydrogens is 245 g/mol. The molecule has 1 aromatic carbocycles. The van der Waals surface area contributed by atoms with Gasteiger partial charge < -0.3 is 10.1 Å². The van der Waals surface area contributed by atoms with Crippen molar-refractivity contribution in [3.63, 3.8) is 0 Å². The van der Waals surface area contributed by atoms with Gasteiger partial charge in [0.1, 0.15) is 24.0 Å². The number of hydrogen-bond donors (Lipinski definition) is 1. The molecule has 1 aromatic heterocycles. The summed E-state index contributed by atoms with van der Waals surface area (Å²) in [5.74, 6) is 0.944. The van der Waals surface area contributed by atoms with Crippen molar-refractivity contribution >= 4 is 5.82 Å². The molecule has 0 fully saturated rings. The van der Waals surface area contributed by atoms with Gasteiger partial charge in [-0.3, -0.25) is 4.98 Å². The van der Waals surface area contributed by atoms with E-state index in [9.17, 15) is 4.39 Å². The van der Waals surface area contributed by atoms with Crippen LogP contribution in [-0.4, -0.2) is 16.5 Å². The third-order valence-electron chi connectivity index (χ3n) is 2.59. The Labute approximate surface area is 111 Å².